The number of hydrogen-bond donors (Lipinski definition) is 2. The predicted octanol–water partition coefficient (Wildman–Crippen LogP) is 2.56. The van der Waals surface area contributed by atoms with Gasteiger partial charge in [-0.25, -0.2) is 0 Å². The molecule has 0 aromatic heterocycles. The van der Waals surface area contributed by atoms with Gasteiger partial charge in [0.1, 0.15) is 12.0 Å². The zero-order valence-corrected chi connectivity index (χ0v) is 13.2. The van der Waals surface area contributed by atoms with Crippen LogP contribution in [0.5, 0.6) is 5.75 Å². The number of aromatic hydroxyl groups is 1. The fourth-order valence-electron chi connectivity index (χ4n) is 5.50. The third-order valence-corrected chi connectivity index (χ3v) is 6.48. The maximum absolute atomic E-state index is 12.0. The Labute approximate surface area is 135 Å². The largest absolute Gasteiger partial charge is 0.506 e. The van der Waals surface area contributed by atoms with Crippen LogP contribution in [0.15, 0.2) is 41.1 Å². The Kier molecular flexibility index (Phi) is 2.48. The van der Waals surface area contributed by atoms with Crippen LogP contribution in [0.25, 0.3) is 0 Å². The molecule has 3 atom stereocenters. The lowest BCUT2D eigenvalue weighted by Gasteiger charge is -2.48. The number of para-hydroxylation sites is 1. The van der Waals surface area contributed by atoms with Crippen molar-refractivity contribution in [2.24, 2.45) is 5.92 Å². The van der Waals surface area contributed by atoms with E-state index in [2.05, 4.69) is 29.3 Å². The number of rotatable bonds is 1. The number of allylic oxidation sites excluding steroid dienone is 2. The summed E-state index contributed by atoms with van der Waals surface area (Å²) in [5.74, 6) is 0.507. The van der Waals surface area contributed by atoms with E-state index in [-0.39, 0.29) is 17.1 Å². The number of nitrogens with zero attached hydrogens (tertiary/aromatic N) is 1. The van der Waals surface area contributed by atoms with Crippen LogP contribution in [0, 0.1) is 5.92 Å². The van der Waals surface area contributed by atoms with Gasteiger partial charge in [-0.2, -0.15) is 0 Å². The summed E-state index contributed by atoms with van der Waals surface area (Å²) in [4.78, 5) is 14.5. The summed E-state index contributed by atoms with van der Waals surface area (Å²) in [5, 5.41) is 13.7. The summed E-state index contributed by atoms with van der Waals surface area (Å²) < 4.78 is 0. The summed E-state index contributed by atoms with van der Waals surface area (Å²) in [6.45, 7) is 4.08. The summed E-state index contributed by atoms with van der Waals surface area (Å²) >= 11 is 0. The maximum Gasteiger partial charge on any atom is 0.148 e. The van der Waals surface area contributed by atoms with E-state index in [1.807, 2.05) is 6.07 Å². The van der Waals surface area contributed by atoms with E-state index in [1.165, 1.54) is 11.1 Å². The highest BCUT2D eigenvalue weighted by atomic mass is 16.3. The van der Waals surface area contributed by atoms with Gasteiger partial charge in [0, 0.05) is 36.3 Å². The van der Waals surface area contributed by atoms with Gasteiger partial charge in [0.25, 0.3) is 0 Å². The Balaban J connectivity index is 1.84. The van der Waals surface area contributed by atoms with Gasteiger partial charge in [-0.3, -0.25) is 9.69 Å². The number of carbonyl (C=O) groups is 1. The second kappa shape index (κ2) is 4.26. The van der Waals surface area contributed by atoms with Crippen LogP contribution >= 0.6 is 0 Å². The number of benzene rings is 1. The quantitative estimate of drug-likeness (QED) is 0.476. The Morgan fingerprint density at radius 2 is 2.30 bits per heavy atom. The molecule has 1 spiro atoms. The van der Waals surface area contributed by atoms with Crippen molar-refractivity contribution >= 4 is 12.0 Å². The Bertz CT molecular complexity index is 795. The summed E-state index contributed by atoms with van der Waals surface area (Å²) in [7, 11) is 0. The molecule has 2 N–H and O–H groups in total. The first-order chi connectivity index (χ1) is 11.2. The summed E-state index contributed by atoms with van der Waals surface area (Å²) in [6, 6.07) is 6.18. The van der Waals surface area contributed by atoms with E-state index in [1.54, 1.807) is 6.07 Å². The molecule has 4 heteroatoms. The lowest BCUT2D eigenvalue weighted by Crippen LogP contribution is -2.52. The van der Waals surface area contributed by atoms with Crippen LogP contribution in [0.3, 0.4) is 0 Å². The smallest absolute Gasteiger partial charge is 0.148 e. The minimum atomic E-state index is -0.139. The molecule has 4 aliphatic rings. The summed E-state index contributed by atoms with van der Waals surface area (Å²) in [6.07, 6.45) is 5.24. The Morgan fingerprint density at radius 3 is 3.09 bits per heavy atom. The van der Waals surface area contributed by atoms with Gasteiger partial charge in [-0.15, -0.1) is 0 Å². The average Bonchev–Trinajstić information content (AvgIpc) is 3.12. The Hall–Kier alpha value is -2.07. The first-order valence-electron chi connectivity index (χ1n) is 8.39. The molecule has 5 rings (SSSR count). The molecular weight excluding hydrogens is 288 g/mol. The van der Waals surface area contributed by atoms with Crippen LogP contribution in [0.2, 0.25) is 0 Å². The highest BCUT2D eigenvalue weighted by Crippen LogP contribution is 2.61. The number of carbonyl (C=O) groups excluding carboxylic acids is 1. The first-order valence-corrected chi connectivity index (χ1v) is 8.39. The highest BCUT2D eigenvalue weighted by molar-refractivity contribution is 5.86. The number of phenols is 1. The predicted molar refractivity (Wildman–Crippen MR) is 88.3 cm³/mol. The van der Waals surface area contributed by atoms with Crippen molar-refractivity contribution in [1.82, 2.24) is 4.90 Å². The molecule has 0 radical (unpaired) electrons. The number of anilines is 1. The van der Waals surface area contributed by atoms with E-state index >= 15 is 0 Å². The molecular formula is C19H20N2O2. The van der Waals surface area contributed by atoms with Crippen molar-refractivity contribution < 1.29 is 9.90 Å². The number of hydrogen-bond acceptors (Lipinski definition) is 4. The number of fused-ring (bicyclic) bond motifs is 2. The SMILES string of the molecule is C/C=C1/CN2CC[C@@]34C(=C(C=O)[C@@H]1C[C@@H]23)Nc1c(O)cccc14. The number of phenolic OH excluding ortho intramolecular Hbond substituents is 1. The molecule has 0 saturated carbocycles. The molecule has 1 aliphatic carbocycles. The van der Waals surface area contributed by atoms with Crippen LogP contribution in [0.4, 0.5) is 5.69 Å². The van der Waals surface area contributed by atoms with Crippen LogP contribution in [-0.4, -0.2) is 35.4 Å². The lowest BCUT2D eigenvalue weighted by molar-refractivity contribution is -0.105. The molecule has 1 aromatic rings. The molecule has 3 aliphatic heterocycles. The molecule has 118 valence electrons. The molecule has 3 heterocycles. The van der Waals surface area contributed by atoms with Crippen molar-refractivity contribution in [2.45, 2.75) is 31.2 Å². The fraction of sp³-hybridized carbons (Fsp3) is 0.421. The Morgan fingerprint density at radius 1 is 1.43 bits per heavy atom. The van der Waals surface area contributed by atoms with Crippen LogP contribution in [-0.2, 0) is 10.2 Å². The van der Waals surface area contributed by atoms with E-state index < -0.39 is 0 Å². The van der Waals surface area contributed by atoms with Crippen molar-refractivity contribution in [2.75, 3.05) is 18.4 Å². The zero-order valence-electron chi connectivity index (χ0n) is 13.2. The zero-order chi connectivity index (χ0) is 15.8. The van der Waals surface area contributed by atoms with Gasteiger partial charge in [0.2, 0.25) is 0 Å². The van der Waals surface area contributed by atoms with Crippen molar-refractivity contribution in [3.05, 3.63) is 46.7 Å². The molecule has 0 unspecified atom stereocenters. The average molecular weight is 308 g/mol. The van der Waals surface area contributed by atoms with Crippen LogP contribution in [0.1, 0.15) is 25.3 Å². The second-order valence-corrected chi connectivity index (χ2v) is 7.13. The standard InChI is InChI=1S/C19H20N2O2/c1-2-11-9-21-7-6-19-14-4-3-5-15(23)17(14)20-18(19)13(10-22)12(11)8-16(19)21/h2-5,10,12,16,20,23H,6-9H2,1H3/b11-2-/t12-,16-,19+/m1/s1. The number of nitrogens with one attached hydrogen (secondary N) is 1. The van der Waals surface area contributed by atoms with Gasteiger partial charge >= 0.3 is 0 Å². The first kappa shape index (κ1) is 13.4. The molecule has 2 bridgehead atoms. The molecule has 2 saturated heterocycles. The van der Waals surface area contributed by atoms with E-state index in [9.17, 15) is 9.90 Å². The van der Waals surface area contributed by atoms with Crippen molar-refractivity contribution in [1.29, 1.82) is 0 Å². The fourth-order valence-corrected chi connectivity index (χ4v) is 5.50. The molecule has 0 amide bonds. The minimum Gasteiger partial charge on any atom is -0.506 e. The number of piperidine rings is 1. The van der Waals surface area contributed by atoms with E-state index in [4.69, 9.17) is 0 Å². The van der Waals surface area contributed by atoms with E-state index in [0.717, 1.165) is 49.2 Å². The van der Waals surface area contributed by atoms with Gasteiger partial charge in [0.05, 0.1) is 11.1 Å². The van der Waals surface area contributed by atoms with Gasteiger partial charge < -0.3 is 10.4 Å². The third-order valence-electron chi connectivity index (χ3n) is 6.48. The van der Waals surface area contributed by atoms with E-state index in [0.29, 0.717) is 6.04 Å². The number of aldehydes is 1. The topological polar surface area (TPSA) is 52.6 Å². The maximum atomic E-state index is 12.0. The normalized spacial score (nSPS) is 36.0. The third kappa shape index (κ3) is 1.39. The second-order valence-electron chi connectivity index (χ2n) is 7.13. The minimum absolute atomic E-state index is 0.139. The molecule has 4 nitrogen and oxygen atoms in total. The van der Waals surface area contributed by atoms with Crippen LogP contribution < -0.4 is 5.32 Å². The monoisotopic (exact) mass is 308 g/mol. The molecule has 2 fully saturated rings. The van der Waals surface area contributed by atoms with Gasteiger partial charge in [-0.1, -0.05) is 23.8 Å². The van der Waals surface area contributed by atoms with Crippen molar-refractivity contribution in [3.63, 3.8) is 0 Å². The van der Waals surface area contributed by atoms with Gasteiger partial charge in [0.15, 0.2) is 0 Å². The van der Waals surface area contributed by atoms with Gasteiger partial charge in [-0.05, 0) is 31.4 Å². The summed E-state index contributed by atoms with van der Waals surface area (Å²) in [5.41, 5.74) is 5.13. The lowest BCUT2D eigenvalue weighted by atomic mass is 9.62. The molecule has 23 heavy (non-hydrogen) atoms. The molecule has 1 aromatic carbocycles. The highest BCUT2D eigenvalue weighted by Gasteiger charge is 2.61. The van der Waals surface area contributed by atoms with Crippen molar-refractivity contribution in [3.8, 4) is 5.75 Å².